The van der Waals surface area contributed by atoms with Crippen LogP contribution in [-0.4, -0.2) is 38.1 Å². The molecule has 0 aliphatic carbocycles. The predicted molar refractivity (Wildman–Crippen MR) is 99.3 cm³/mol. The molecule has 0 radical (unpaired) electrons. The Kier molecular flexibility index (Phi) is 5.79. The summed E-state index contributed by atoms with van der Waals surface area (Å²) in [4.78, 5) is 14.0. The van der Waals surface area contributed by atoms with Gasteiger partial charge in [0.05, 0.1) is 23.0 Å². The molecule has 28 heavy (non-hydrogen) atoms. The average Bonchev–Trinajstić information content (AvgIpc) is 2.80. The molecule has 1 saturated heterocycles. The van der Waals surface area contributed by atoms with E-state index in [-0.39, 0.29) is 31.2 Å². The van der Waals surface area contributed by atoms with Crippen LogP contribution in [0.2, 0.25) is 0 Å². The van der Waals surface area contributed by atoms with Crippen LogP contribution in [0, 0.1) is 0 Å². The van der Waals surface area contributed by atoms with Crippen LogP contribution in [0.25, 0.3) is 0 Å². The van der Waals surface area contributed by atoms with Gasteiger partial charge in [0.2, 0.25) is 5.91 Å². The van der Waals surface area contributed by atoms with E-state index in [1.54, 1.807) is 24.3 Å². The summed E-state index contributed by atoms with van der Waals surface area (Å²) in [6.45, 7) is 0.378. The number of rotatable bonds is 3. The minimum absolute atomic E-state index is 0.0613. The zero-order valence-corrected chi connectivity index (χ0v) is 15.8. The normalized spacial score (nSPS) is 19.8. The van der Waals surface area contributed by atoms with E-state index >= 15 is 0 Å². The maximum absolute atomic E-state index is 12.6. The summed E-state index contributed by atoms with van der Waals surface area (Å²) in [7, 11) is -3.39. The second kappa shape index (κ2) is 7.95. The number of sulfone groups is 1. The fourth-order valence-corrected chi connectivity index (χ4v) is 5.13. The van der Waals surface area contributed by atoms with E-state index in [4.69, 9.17) is 0 Å². The first kappa shape index (κ1) is 20.4. The molecule has 0 unspecified atom stereocenters. The number of benzene rings is 2. The molecule has 150 valence electrons. The minimum Gasteiger partial charge on any atom is -0.341 e. The molecule has 0 N–H and O–H groups in total. The van der Waals surface area contributed by atoms with Crippen molar-refractivity contribution < 1.29 is 26.4 Å². The van der Waals surface area contributed by atoms with Crippen molar-refractivity contribution in [3.63, 3.8) is 0 Å². The first-order valence-corrected chi connectivity index (χ1v) is 10.6. The van der Waals surface area contributed by atoms with E-state index in [9.17, 15) is 26.4 Å². The highest BCUT2D eigenvalue weighted by atomic mass is 32.2. The van der Waals surface area contributed by atoms with Crippen molar-refractivity contribution >= 4 is 15.7 Å². The number of nitrogens with zero attached hydrogens (tertiary/aromatic N) is 1. The van der Waals surface area contributed by atoms with Crippen LogP contribution in [0.5, 0.6) is 0 Å². The molecule has 1 atom stereocenters. The highest BCUT2D eigenvalue weighted by Crippen LogP contribution is 2.30. The van der Waals surface area contributed by atoms with Crippen molar-refractivity contribution in [2.75, 3.05) is 18.8 Å². The van der Waals surface area contributed by atoms with E-state index in [0.717, 1.165) is 12.1 Å². The summed E-state index contributed by atoms with van der Waals surface area (Å²) in [6, 6.07) is 13.4. The van der Waals surface area contributed by atoms with E-state index in [2.05, 4.69) is 0 Å². The summed E-state index contributed by atoms with van der Waals surface area (Å²) in [6.07, 6.45) is -4.19. The number of amides is 1. The van der Waals surface area contributed by atoms with Gasteiger partial charge in [-0.3, -0.25) is 4.79 Å². The fraction of sp³-hybridized carbons (Fsp3) is 0.350. The van der Waals surface area contributed by atoms with Crippen LogP contribution in [-0.2, 0) is 27.2 Å². The van der Waals surface area contributed by atoms with E-state index in [0.29, 0.717) is 17.5 Å². The second-order valence-corrected chi connectivity index (χ2v) is 9.11. The van der Waals surface area contributed by atoms with Crippen LogP contribution < -0.4 is 0 Å². The molecule has 1 amide bonds. The van der Waals surface area contributed by atoms with Crippen molar-refractivity contribution in [2.45, 2.75) is 24.3 Å². The van der Waals surface area contributed by atoms with Crippen LogP contribution in [0.3, 0.4) is 0 Å². The molecule has 1 heterocycles. The quantitative estimate of drug-likeness (QED) is 0.775. The molecule has 0 saturated carbocycles. The van der Waals surface area contributed by atoms with Gasteiger partial charge in [0.1, 0.15) is 0 Å². The van der Waals surface area contributed by atoms with Gasteiger partial charge in [0.25, 0.3) is 0 Å². The maximum atomic E-state index is 12.6. The first-order chi connectivity index (χ1) is 13.2. The maximum Gasteiger partial charge on any atom is 0.416 e. The Morgan fingerprint density at radius 3 is 2.25 bits per heavy atom. The van der Waals surface area contributed by atoms with Gasteiger partial charge in [0, 0.05) is 13.1 Å². The summed E-state index contributed by atoms with van der Waals surface area (Å²) >= 11 is 0. The molecule has 1 aliphatic rings. The van der Waals surface area contributed by atoms with Crippen molar-refractivity contribution in [3.05, 3.63) is 71.3 Å². The number of hydrogen-bond acceptors (Lipinski definition) is 3. The average molecular weight is 411 g/mol. The van der Waals surface area contributed by atoms with Crippen LogP contribution in [0.4, 0.5) is 13.2 Å². The Morgan fingerprint density at radius 1 is 1.00 bits per heavy atom. The molecular weight excluding hydrogens is 391 g/mol. The van der Waals surface area contributed by atoms with Crippen molar-refractivity contribution in [1.82, 2.24) is 4.90 Å². The fourth-order valence-electron chi connectivity index (χ4n) is 3.33. The zero-order chi connectivity index (χ0) is 20.4. The summed E-state index contributed by atoms with van der Waals surface area (Å²) in [5, 5.41) is -0.655. The SMILES string of the molecule is O=C(Cc1ccc(C(F)(F)F)cc1)N1CC[C@@H](c2ccccc2)S(=O)(=O)CC1. The molecule has 0 spiro atoms. The Balaban J connectivity index is 1.69. The Morgan fingerprint density at radius 2 is 1.64 bits per heavy atom. The van der Waals surface area contributed by atoms with Crippen LogP contribution in [0.1, 0.15) is 28.4 Å². The molecule has 2 aromatic carbocycles. The van der Waals surface area contributed by atoms with Gasteiger partial charge in [0.15, 0.2) is 9.84 Å². The number of halogens is 3. The van der Waals surface area contributed by atoms with Crippen molar-refractivity contribution in [1.29, 1.82) is 0 Å². The van der Waals surface area contributed by atoms with Crippen LogP contribution in [0.15, 0.2) is 54.6 Å². The van der Waals surface area contributed by atoms with E-state index in [1.807, 2.05) is 6.07 Å². The minimum atomic E-state index is -4.42. The van der Waals surface area contributed by atoms with Gasteiger partial charge >= 0.3 is 6.18 Å². The monoisotopic (exact) mass is 411 g/mol. The number of alkyl halides is 3. The topological polar surface area (TPSA) is 54.5 Å². The Hall–Kier alpha value is -2.35. The van der Waals surface area contributed by atoms with Gasteiger partial charge in [-0.25, -0.2) is 8.42 Å². The zero-order valence-electron chi connectivity index (χ0n) is 15.0. The van der Waals surface area contributed by atoms with Crippen LogP contribution >= 0.6 is 0 Å². The standard InChI is InChI=1S/C20H20F3NO3S/c21-20(22,23)17-8-6-15(7-9-17)14-19(25)24-11-10-18(28(26,27)13-12-24)16-4-2-1-3-5-16/h1-9,18H,10-14H2/t18-/m0/s1. The molecule has 8 heteroatoms. The summed E-state index contributed by atoms with van der Waals surface area (Å²) in [5.41, 5.74) is 0.402. The van der Waals surface area contributed by atoms with Crippen molar-refractivity contribution in [2.24, 2.45) is 0 Å². The number of hydrogen-bond donors (Lipinski definition) is 0. The van der Waals surface area contributed by atoms with E-state index in [1.165, 1.54) is 17.0 Å². The molecule has 1 aliphatic heterocycles. The van der Waals surface area contributed by atoms with E-state index < -0.39 is 26.8 Å². The Bertz CT molecular complexity index is 925. The first-order valence-electron chi connectivity index (χ1n) is 8.87. The lowest BCUT2D eigenvalue weighted by atomic mass is 10.1. The summed E-state index contributed by atoms with van der Waals surface area (Å²) in [5.74, 6) is -0.422. The lowest BCUT2D eigenvalue weighted by Gasteiger charge is -2.20. The molecule has 0 bridgehead atoms. The third kappa shape index (κ3) is 4.73. The van der Waals surface area contributed by atoms with Gasteiger partial charge in [-0.15, -0.1) is 0 Å². The third-order valence-electron chi connectivity index (χ3n) is 4.90. The van der Waals surface area contributed by atoms with Gasteiger partial charge < -0.3 is 4.90 Å². The molecule has 4 nitrogen and oxygen atoms in total. The largest absolute Gasteiger partial charge is 0.416 e. The lowest BCUT2D eigenvalue weighted by molar-refractivity contribution is -0.137. The highest BCUT2D eigenvalue weighted by Gasteiger charge is 2.33. The molecule has 1 fully saturated rings. The Labute approximate surface area is 161 Å². The molecular formula is C20H20F3NO3S. The van der Waals surface area contributed by atoms with Gasteiger partial charge in [-0.1, -0.05) is 42.5 Å². The lowest BCUT2D eigenvalue weighted by Crippen LogP contribution is -2.34. The summed E-state index contributed by atoms with van der Waals surface area (Å²) < 4.78 is 63.1. The molecule has 0 aromatic heterocycles. The number of carbonyl (C=O) groups is 1. The predicted octanol–water partition coefficient (Wildman–Crippen LogP) is 3.64. The number of carbonyl (C=O) groups excluding carboxylic acids is 1. The molecule has 2 aromatic rings. The highest BCUT2D eigenvalue weighted by molar-refractivity contribution is 7.91. The second-order valence-electron chi connectivity index (χ2n) is 6.81. The van der Waals surface area contributed by atoms with Gasteiger partial charge in [-0.2, -0.15) is 13.2 Å². The third-order valence-corrected chi connectivity index (χ3v) is 7.03. The smallest absolute Gasteiger partial charge is 0.341 e. The molecule has 3 rings (SSSR count). The van der Waals surface area contributed by atoms with Gasteiger partial charge in [-0.05, 0) is 29.7 Å². The van der Waals surface area contributed by atoms with Crippen molar-refractivity contribution in [3.8, 4) is 0 Å².